The number of hydrogen-bond donors (Lipinski definition) is 9. The van der Waals surface area contributed by atoms with Crippen molar-refractivity contribution in [2.45, 2.75) is 320 Å². The highest BCUT2D eigenvalue weighted by molar-refractivity contribution is 5.96. The third-order valence-corrected chi connectivity index (χ3v) is 30.3. The van der Waals surface area contributed by atoms with Crippen LogP contribution in [-0.4, -0.2) is 277 Å². The second-order valence-electron chi connectivity index (χ2n) is 42.5. The van der Waals surface area contributed by atoms with Gasteiger partial charge in [0, 0.05) is 76.3 Å². The van der Waals surface area contributed by atoms with Crippen LogP contribution in [0, 0.1) is 33.5 Å². The predicted molar refractivity (Wildman–Crippen MR) is 502 cm³/mol. The number of esters is 8. The predicted octanol–water partition coefficient (Wildman–Crippen LogP) is 8.75. The first-order valence-corrected chi connectivity index (χ1v) is 48.7. The third kappa shape index (κ3) is 21.8. The maximum absolute atomic E-state index is 16.0. The molecular weight excluding hydrogens is 1840 g/mol. The fraction of sp³-hybridized carbons (Fsp3) is 0.600. The molecule has 22 atom stereocenters. The lowest BCUT2D eigenvalue weighted by atomic mass is 9.44. The van der Waals surface area contributed by atoms with Crippen LogP contribution in [0.4, 0.5) is 9.59 Å². The van der Waals surface area contributed by atoms with Crippen LogP contribution >= 0.6 is 0 Å². The number of nitrogens with zero attached hydrogens (tertiary/aromatic N) is 2. The van der Waals surface area contributed by atoms with Crippen molar-refractivity contribution in [3.8, 4) is 0 Å². The number of hydrazine groups is 1. The van der Waals surface area contributed by atoms with Crippen LogP contribution < -0.4 is 16.1 Å². The molecule has 10 aliphatic rings. The summed E-state index contributed by atoms with van der Waals surface area (Å²) >= 11 is 0. The lowest BCUT2D eigenvalue weighted by Gasteiger charge is -2.67. The molecule has 0 aromatic heterocycles. The van der Waals surface area contributed by atoms with Gasteiger partial charge in [-0.15, -0.1) is 0 Å². The SMILES string of the molecule is CC(=O)O[C@@]12CO[C@@H]1C[C@H](O)[C@@]1(C)C(=O)[C@H](O)C3=C(C)[C@@H](OC(=O)[C@H](O)[C@@H](NC(=O)OC(C)(C)C)c4ccccc4)C[C@@](O)([C@@H](OC(=O)c4ccccc4)[C@H]21)C3(C)C.CC(=O)O[C@@]12CO[C@@H]1C[C@H](OC(=O)CCC(=O)CN1CCCCC1)[C@@]1(C)C(=O)[C@H](O)C3=C(C)[C@@H](OC(=O)[C@H](OC(=O)CCC(=O)NN4CCCCC4)[C@@H](NC(=O)OC(C)(C)C)c4ccccc4)C[C@@](O)([C@@H](OC(=O)c4ccccc4)[C@H]21)C3(C)C. The van der Waals surface area contributed by atoms with Crippen LogP contribution in [-0.2, 0) is 105 Å². The first-order chi connectivity index (χ1) is 66.7. The van der Waals surface area contributed by atoms with Crippen LogP contribution in [0.5, 0.6) is 0 Å². The summed E-state index contributed by atoms with van der Waals surface area (Å²) in [6, 6.07) is 28.9. The van der Waals surface area contributed by atoms with E-state index in [1.54, 1.807) is 157 Å². The molecule has 4 aromatic rings. The van der Waals surface area contributed by atoms with E-state index in [4.69, 9.17) is 56.8 Å². The smallest absolute Gasteiger partial charge is 0.408 e. The molecule has 9 N–H and O–H groups in total. The maximum atomic E-state index is 16.0. The van der Waals surface area contributed by atoms with E-state index in [9.17, 15) is 88.2 Å². The lowest BCUT2D eigenvalue weighted by Crippen LogP contribution is -2.82. The molecule has 6 aliphatic carbocycles. The summed E-state index contributed by atoms with van der Waals surface area (Å²) < 4.78 is 72.6. The summed E-state index contributed by atoms with van der Waals surface area (Å²) in [6.07, 6.45) is -19.6. The summed E-state index contributed by atoms with van der Waals surface area (Å²) in [5.41, 5.74) is -14.7. The molecule has 4 saturated heterocycles. The summed E-state index contributed by atoms with van der Waals surface area (Å²) in [5, 5.41) is 83.1. The Morgan fingerprint density at radius 3 is 1.35 bits per heavy atom. The quantitative estimate of drug-likeness (QED) is 0.0153. The number of benzene rings is 4. The number of carbonyl (C=O) groups is 14. The minimum Gasteiger partial charge on any atom is -0.461 e. The van der Waals surface area contributed by atoms with Crippen molar-refractivity contribution in [3.63, 3.8) is 0 Å². The topological polar surface area (TPSA) is 514 Å². The first-order valence-electron chi connectivity index (χ1n) is 48.7. The van der Waals surface area contributed by atoms with Crippen LogP contribution in [0.2, 0.25) is 0 Å². The van der Waals surface area contributed by atoms with E-state index < -0.39 is 256 Å². The Balaban J connectivity index is 0.000000255. The van der Waals surface area contributed by atoms with Crippen molar-refractivity contribution in [3.05, 3.63) is 166 Å². The van der Waals surface area contributed by atoms with E-state index in [2.05, 4.69) is 16.1 Å². The molecule has 37 heteroatoms. The second-order valence-corrected chi connectivity index (χ2v) is 42.5. The largest absolute Gasteiger partial charge is 0.461 e. The number of amides is 3. The molecule has 4 saturated carbocycles. The maximum Gasteiger partial charge on any atom is 0.408 e. The van der Waals surface area contributed by atoms with Gasteiger partial charge in [-0.2, -0.15) is 0 Å². The number of Topliss-reactive ketones (excluding diaryl/α,β-unsaturated/α-hetero) is 3. The summed E-state index contributed by atoms with van der Waals surface area (Å²) in [5.74, 6) is -13.7. The van der Waals surface area contributed by atoms with Gasteiger partial charge in [0.1, 0.15) is 89.2 Å². The van der Waals surface area contributed by atoms with Crippen molar-refractivity contribution in [1.29, 1.82) is 0 Å². The Bertz CT molecular complexity index is 5450. The number of piperidine rings is 2. The van der Waals surface area contributed by atoms with Gasteiger partial charge >= 0.3 is 59.9 Å². The van der Waals surface area contributed by atoms with Gasteiger partial charge in [0.25, 0.3) is 0 Å². The van der Waals surface area contributed by atoms with E-state index in [1.807, 2.05) is 4.90 Å². The van der Waals surface area contributed by atoms with Crippen LogP contribution in [0.3, 0.4) is 0 Å². The molecule has 0 unspecified atom stereocenters. The van der Waals surface area contributed by atoms with E-state index in [1.165, 1.54) is 65.8 Å². The summed E-state index contributed by atoms with van der Waals surface area (Å²) in [4.78, 5) is 199. The highest BCUT2D eigenvalue weighted by atomic mass is 16.7. The number of ether oxygens (including phenoxy) is 12. The minimum atomic E-state index is -2.55. The first kappa shape index (κ1) is 108. The number of aliphatic hydroxyl groups excluding tert-OH is 4. The number of fused-ring (bicyclic) bond motifs is 10. The highest BCUT2D eigenvalue weighted by Gasteiger charge is 2.81. The number of nitrogens with one attached hydrogen (secondary N) is 3. The zero-order valence-corrected chi connectivity index (χ0v) is 83.3. The Morgan fingerprint density at radius 1 is 0.493 bits per heavy atom. The molecule has 8 fully saturated rings. The molecule has 4 bridgehead atoms. The van der Waals surface area contributed by atoms with Gasteiger partial charge in [-0.05, 0) is 166 Å². The van der Waals surface area contributed by atoms with Gasteiger partial charge in [-0.1, -0.05) is 138 Å². The van der Waals surface area contributed by atoms with Gasteiger partial charge < -0.3 is 98.1 Å². The molecule has 14 rings (SSSR count). The van der Waals surface area contributed by atoms with Gasteiger partial charge in [0.2, 0.25) is 12.0 Å². The zero-order valence-electron chi connectivity index (χ0n) is 83.3. The number of rotatable bonds is 27. The molecule has 4 aromatic carbocycles. The Kier molecular flexibility index (Phi) is 32.4. The van der Waals surface area contributed by atoms with Gasteiger partial charge in [-0.3, -0.25) is 48.7 Å². The van der Waals surface area contributed by atoms with E-state index in [-0.39, 0.29) is 90.0 Å². The van der Waals surface area contributed by atoms with E-state index >= 15 is 9.59 Å². The van der Waals surface area contributed by atoms with Crippen molar-refractivity contribution < 1.29 is 155 Å². The molecule has 4 heterocycles. The van der Waals surface area contributed by atoms with Crippen molar-refractivity contribution in [1.82, 2.24) is 26.0 Å². The Hall–Kier alpha value is -11.3. The number of ketones is 3. The number of alkyl carbamates (subject to hydrolysis) is 2. The van der Waals surface area contributed by atoms with Crippen molar-refractivity contribution >= 4 is 83.2 Å². The van der Waals surface area contributed by atoms with Gasteiger partial charge in [0.05, 0.1) is 78.5 Å². The molecule has 772 valence electrons. The minimum absolute atomic E-state index is 0.00814. The standard InChI is InChI=1S/C62H82N4O18.C43H53NO14/c1-37-42(79-56(75)51(81-47(71)28-26-45(69)64-66-31-19-12-20-32-66)49(39-21-13-9-14-22-39)63-57(76)84-58(3,4)5)34-62(77)54(82-55(74)40-23-15-10-16-24-40)52-60(8,53(73)50(72)48(37)59(62,6)7)43(33-44-61(52,36-78-44)83-38(2)67)80-46(70)27-25-41(68)35-65-29-17-11-18-30-65;1-22-26(55-37(51)32(48)30(24-15-11-9-12-16-24)44-38(52)58-39(3,4)5)20-43(53)35(56-36(50)25-17-13-10-14-18-25)33-41(8,34(49)31(47)29(22)40(43,6)7)27(46)19-28-42(33,21-54-28)57-23(2)45/h9-10,13-16,21-24,42-44,49-52,54,72,77H,11-12,17-20,25-36H2,1-8H3,(H,63,76)(H,64,69);9-18,26-28,30-33,35,46-48,53H,19-21H2,1-8H3,(H,44,52)/t42-,43-,44+,49-,50+,51+,52-,54-,60+,61-,62+;26-,27-,28+,30-,31+,32+,33-,35-,41+,42-,43+/m00/s1. The molecule has 37 nitrogen and oxygen atoms in total. The monoisotopic (exact) mass is 1980 g/mol. The van der Waals surface area contributed by atoms with E-state index in [0.29, 0.717) is 18.7 Å². The molecular formula is C105H135N5O32. The molecule has 142 heavy (non-hydrogen) atoms. The fourth-order valence-corrected chi connectivity index (χ4v) is 22.9. The summed E-state index contributed by atoms with van der Waals surface area (Å²) in [7, 11) is 0. The number of likely N-dealkylation sites (tertiary alicyclic amines) is 1. The number of aliphatic hydroxyl groups is 6. The molecule has 0 spiro atoms. The van der Waals surface area contributed by atoms with Crippen LogP contribution in [0.1, 0.15) is 245 Å². The third-order valence-electron chi connectivity index (χ3n) is 30.3. The molecule has 4 aliphatic heterocycles. The zero-order chi connectivity index (χ0) is 104. The van der Waals surface area contributed by atoms with Crippen molar-refractivity contribution in [2.24, 2.45) is 33.5 Å². The molecule has 0 radical (unpaired) electrons. The van der Waals surface area contributed by atoms with Gasteiger partial charge in [0.15, 0.2) is 28.9 Å². The van der Waals surface area contributed by atoms with Gasteiger partial charge in [-0.25, -0.2) is 33.8 Å². The highest BCUT2D eigenvalue weighted by Crippen LogP contribution is 2.67. The Morgan fingerprint density at radius 2 is 0.901 bits per heavy atom. The summed E-state index contributed by atoms with van der Waals surface area (Å²) in [6.45, 7) is 26.2. The van der Waals surface area contributed by atoms with Crippen LogP contribution in [0.25, 0.3) is 0 Å². The second kappa shape index (κ2) is 42.6. The molecule has 3 amide bonds. The van der Waals surface area contributed by atoms with Crippen LogP contribution in [0.15, 0.2) is 144 Å². The van der Waals surface area contributed by atoms with E-state index in [0.717, 1.165) is 65.5 Å². The number of hydrogen-bond acceptors (Lipinski definition) is 34. The normalized spacial score (nSPS) is 31.1. The lowest BCUT2D eigenvalue weighted by molar-refractivity contribution is -0.346. The van der Waals surface area contributed by atoms with Crippen molar-refractivity contribution in [2.75, 3.05) is 45.9 Å². The average molecular weight is 1980 g/mol. The fourth-order valence-electron chi connectivity index (χ4n) is 22.9. The Labute approximate surface area is 824 Å². The number of carbonyl (C=O) groups excluding carboxylic acids is 14. The average Bonchev–Trinajstić information content (AvgIpc) is 0.674.